The summed E-state index contributed by atoms with van der Waals surface area (Å²) in [6.45, 7) is 4.07. The number of aryl methyl sites for hydroxylation is 2. The number of carbonyl (C=O) groups excluding carboxylic acids is 1. The van der Waals surface area contributed by atoms with Crippen molar-refractivity contribution in [3.8, 4) is 0 Å². The second-order valence-corrected chi connectivity index (χ2v) is 9.41. The van der Waals surface area contributed by atoms with Gasteiger partial charge in [-0.05, 0) is 32.6 Å². The van der Waals surface area contributed by atoms with Gasteiger partial charge in [0.15, 0.2) is 12.2 Å². The van der Waals surface area contributed by atoms with Crippen LogP contribution < -0.4 is 5.32 Å². The zero-order valence-corrected chi connectivity index (χ0v) is 16.1. The highest BCUT2D eigenvalue weighted by Gasteiger charge is 2.59. The normalized spacial score (nSPS) is 28.4. The molecule has 1 amide bonds. The molecule has 1 aliphatic carbocycles. The minimum Gasteiger partial charge on any atom is -0.438 e. The van der Waals surface area contributed by atoms with Gasteiger partial charge in [0.25, 0.3) is 5.91 Å². The first-order valence-corrected chi connectivity index (χ1v) is 10.5. The Morgan fingerprint density at radius 2 is 2.19 bits per heavy atom. The largest absolute Gasteiger partial charge is 0.438 e. The summed E-state index contributed by atoms with van der Waals surface area (Å²) in [6.07, 6.45) is 3.57. The predicted octanol–water partition coefficient (Wildman–Crippen LogP) is 0.396. The third-order valence-corrected chi connectivity index (χ3v) is 6.77. The van der Waals surface area contributed by atoms with Gasteiger partial charge in [-0.15, -0.1) is 0 Å². The molecule has 0 spiro atoms. The van der Waals surface area contributed by atoms with Crippen molar-refractivity contribution in [2.75, 3.05) is 19.3 Å². The molecule has 2 fully saturated rings. The van der Waals surface area contributed by atoms with Gasteiger partial charge in [0.05, 0.1) is 17.4 Å². The maximum absolute atomic E-state index is 12.5. The molecule has 11 heteroatoms. The molecule has 3 atom stereocenters. The molecule has 4 rings (SSSR count). The lowest BCUT2D eigenvalue weighted by atomic mass is 9.80. The van der Waals surface area contributed by atoms with Crippen LogP contribution in [0, 0.1) is 19.8 Å². The lowest BCUT2D eigenvalue weighted by Crippen LogP contribution is -2.39. The van der Waals surface area contributed by atoms with Crippen LogP contribution in [-0.4, -0.2) is 59.1 Å². The zero-order chi connectivity index (χ0) is 19.4. The Kier molecular flexibility index (Phi) is 4.11. The van der Waals surface area contributed by atoms with Gasteiger partial charge < -0.3 is 14.3 Å². The molecule has 2 aromatic heterocycles. The Morgan fingerprint density at radius 1 is 1.41 bits per heavy atom. The molecule has 27 heavy (non-hydrogen) atoms. The predicted molar refractivity (Wildman–Crippen MR) is 92.3 cm³/mol. The van der Waals surface area contributed by atoms with E-state index in [0.29, 0.717) is 36.8 Å². The summed E-state index contributed by atoms with van der Waals surface area (Å²) in [4.78, 5) is 20.8. The standard InChI is InChI=1S/C16H21N5O5S/c1-9-13(25-8-17-9)14(22)19-12-4-11-6-21(27(3,23)24)7-16(11,5-12)15-18-10(2)20-26-15/h8,11-12H,4-7H2,1-3H3,(H,19,22)/t11-,12+,16-/m0/s1. The van der Waals surface area contributed by atoms with Crippen LogP contribution in [-0.2, 0) is 15.4 Å². The number of nitrogens with one attached hydrogen (secondary N) is 1. The van der Waals surface area contributed by atoms with Crippen molar-refractivity contribution >= 4 is 15.9 Å². The minimum absolute atomic E-state index is 0.0202. The number of hydrogen-bond donors (Lipinski definition) is 1. The molecule has 0 unspecified atom stereocenters. The van der Waals surface area contributed by atoms with Gasteiger partial charge in [0.2, 0.25) is 21.7 Å². The summed E-state index contributed by atoms with van der Waals surface area (Å²) in [5, 5.41) is 6.85. The lowest BCUT2D eigenvalue weighted by molar-refractivity contribution is 0.0906. The van der Waals surface area contributed by atoms with Crippen LogP contribution in [0.25, 0.3) is 0 Å². The molecule has 1 saturated carbocycles. The first-order valence-electron chi connectivity index (χ1n) is 8.66. The topological polar surface area (TPSA) is 131 Å². The molecule has 1 saturated heterocycles. The molecule has 0 bridgehead atoms. The summed E-state index contributed by atoms with van der Waals surface area (Å²) < 4.78 is 36.2. The third-order valence-electron chi connectivity index (χ3n) is 5.55. The van der Waals surface area contributed by atoms with Crippen molar-refractivity contribution in [2.45, 2.75) is 38.1 Å². The van der Waals surface area contributed by atoms with Crippen LogP contribution in [0.3, 0.4) is 0 Å². The molecule has 1 aliphatic heterocycles. The van der Waals surface area contributed by atoms with E-state index in [1.54, 1.807) is 13.8 Å². The summed E-state index contributed by atoms with van der Waals surface area (Å²) in [7, 11) is -3.33. The first-order chi connectivity index (χ1) is 12.7. The first kappa shape index (κ1) is 18.1. The van der Waals surface area contributed by atoms with E-state index in [9.17, 15) is 13.2 Å². The number of carbonyl (C=O) groups is 1. The molecule has 0 radical (unpaired) electrons. The Balaban J connectivity index is 1.59. The summed E-state index contributed by atoms with van der Waals surface area (Å²) in [6, 6.07) is -0.152. The smallest absolute Gasteiger partial charge is 0.289 e. The van der Waals surface area contributed by atoms with Gasteiger partial charge in [-0.25, -0.2) is 17.7 Å². The zero-order valence-electron chi connectivity index (χ0n) is 15.3. The van der Waals surface area contributed by atoms with E-state index in [1.807, 2.05) is 0 Å². The highest BCUT2D eigenvalue weighted by Crippen LogP contribution is 2.50. The van der Waals surface area contributed by atoms with E-state index < -0.39 is 15.4 Å². The van der Waals surface area contributed by atoms with Gasteiger partial charge >= 0.3 is 0 Å². The monoisotopic (exact) mass is 395 g/mol. The van der Waals surface area contributed by atoms with Gasteiger partial charge in [0, 0.05) is 19.1 Å². The number of hydrogen-bond acceptors (Lipinski definition) is 8. The molecule has 146 valence electrons. The molecule has 10 nitrogen and oxygen atoms in total. The lowest BCUT2D eigenvalue weighted by Gasteiger charge is -2.24. The van der Waals surface area contributed by atoms with Crippen LogP contribution in [0.4, 0.5) is 0 Å². The van der Waals surface area contributed by atoms with Gasteiger partial charge in [-0.1, -0.05) is 5.16 Å². The Labute approximate surface area is 156 Å². The highest BCUT2D eigenvalue weighted by molar-refractivity contribution is 7.88. The quantitative estimate of drug-likeness (QED) is 0.787. The van der Waals surface area contributed by atoms with Crippen molar-refractivity contribution in [1.82, 2.24) is 24.7 Å². The minimum atomic E-state index is -3.33. The molecule has 3 heterocycles. The van der Waals surface area contributed by atoms with Crippen LogP contribution in [0.5, 0.6) is 0 Å². The molecule has 2 aromatic rings. The molecule has 1 N–H and O–H groups in total. The second-order valence-electron chi connectivity index (χ2n) is 7.43. The van der Waals surface area contributed by atoms with Gasteiger partial charge in [-0.2, -0.15) is 4.98 Å². The fourth-order valence-electron chi connectivity index (χ4n) is 4.29. The fraction of sp³-hybridized carbons (Fsp3) is 0.625. The van der Waals surface area contributed by atoms with E-state index in [4.69, 9.17) is 8.94 Å². The van der Waals surface area contributed by atoms with E-state index in [1.165, 1.54) is 17.0 Å². The van der Waals surface area contributed by atoms with E-state index in [-0.39, 0.29) is 30.2 Å². The maximum atomic E-state index is 12.5. The van der Waals surface area contributed by atoms with Crippen molar-refractivity contribution in [1.29, 1.82) is 0 Å². The van der Waals surface area contributed by atoms with Gasteiger partial charge in [0.1, 0.15) is 0 Å². The number of aromatic nitrogens is 3. The molecular weight excluding hydrogens is 374 g/mol. The second kappa shape index (κ2) is 6.13. The number of nitrogens with zero attached hydrogens (tertiary/aromatic N) is 4. The number of sulfonamides is 1. The number of fused-ring (bicyclic) bond motifs is 1. The molecular formula is C16H21N5O5S. The van der Waals surface area contributed by atoms with Crippen LogP contribution in [0.2, 0.25) is 0 Å². The summed E-state index contributed by atoms with van der Waals surface area (Å²) in [5.74, 6) is 0.775. The number of oxazole rings is 1. The Bertz CT molecular complexity index is 983. The Hall–Kier alpha value is -2.27. The number of rotatable bonds is 4. The summed E-state index contributed by atoms with van der Waals surface area (Å²) in [5.41, 5.74) is -0.0742. The highest BCUT2D eigenvalue weighted by atomic mass is 32.2. The van der Waals surface area contributed by atoms with Crippen LogP contribution in [0.1, 0.15) is 40.8 Å². The van der Waals surface area contributed by atoms with Crippen molar-refractivity contribution in [3.05, 3.63) is 29.6 Å². The SMILES string of the molecule is Cc1noc([C@]23C[C@H](NC(=O)c4ocnc4C)C[C@H]2CN(S(C)(=O)=O)C3)n1. The molecule has 2 aliphatic rings. The van der Waals surface area contributed by atoms with E-state index >= 15 is 0 Å². The van der Waals surface area contributed by atoms with E-state index in [2.05, 4.69) is 20.4 Å². The maximum Gasteiger partial charge on any atom is 0.289 e. The van der Waals surface area contributed by atoms with Gasteiger partial charge in [-0.3, -0.25) is 4.79 Å². The third kappa shape index (κ3) is 3.04. The average molecular weight is 395 g/mol. The van der Waals surface area contributed by atoms with Crippen LogP contribution in [0.15, 0.2) is 15.3 Å². The van der Waals surface area contributed by atoms with Crippen molar-refractivity contribution in [2.24, 2.45) is 5.92 Å². The number of amides is 1. The van der Waals surface area contributed by atoms with Crippen molar-refractivity contribution < 1.29 is 22.2 Å². The summed E-state index contributed by atoms with van der Waals surface area (Å²) >= 11 is 0. The molecule has 0 aromatic carbocycles. The van der Waals surface area contributed by atoms with Crippen molar-refractivity contribution in [3.63, 3.8) is 0 Å². The Morgan fingerprint density at radius 3 is 2.78 bits per heavy atom. The van der Waals surface area contributed by atoms with E-state index in [0.717, 1.165) is 0 Å². The van der Waals surface area contributed by atoms with Crippen LogP contribution >= 0.6 is 0 Å². The fourth-order valence-corrected chi connectivity index (χ4v) is 5.20. The average Bonchev–Trinajstić information content (AvgIpc) is 3.29.